The van der Waals surface area contributed by atoms with Gasteiger partial charge in [0, 0.05) is 23.3 Å². The van der Waals surface area contributed by atoms with Crippen LogP contribution in [-0.2, 0) is 5.54 Å². The molecule has 1 amide bonds. The van der Waals surface area contributed by atoms with Gasteiger partial charge < -0.3 is 10.4 Å². The number of pyridine rings is 1. The predicted octanol–water partition coefficient (Wildman–Crippen LogP) is 7.28. The van der Waals surface area contributed by atoms with Crippen molar-refractivity contribution >= 4 is 27.8 Å². The molecule has 0 saturated carbocycles. The summed E-state index contributed by atoms with van der Waals surface area (Å²) in [7, 11) is 0. The molecular formula is C41H32N6O2. The van der Waals surface area contributed by atoms with Crippen LogP contribution in [-0.4, -0.2) is 42.4 Å². The molecule has 0 aliphatic carbocycles. The van der Waals surface area contributed by atoms with Crippen molar-refractivity contribution in [1.29, 1.82) is 0 Å². The Balaban J connectivity index is 1.38. The lowest BCUT2D eigenvalue weighted by Crippen LogP contribution is -2.38. The summed E-state index contributed by atoms with van der Waals surface area (Å²) >= 11 is 0. The van der Waals surface area contributed by atoms with Crippen molar-refractivity contribution in [2.45, 2.75) is 11.6 Å². The van der Waals surface area contributed by atoms with Gasteiger partial charge in [-0.25, -0.2) is 9.97 Å². The van der Waals surface area contributed by atoms with Crippen LogP contribution in [0, 0.1) is 0 Å². The minimum Gasteiger partial charge on any atom is -0.394 e. The van der Waals surface area contributed by atoms with Crippen molar-refractivity contribution in [2.24, 2.45) is 0 Å². The van der Waals surface area contributed by atoms with Gasteiger partial charge in [-0.15, -0.1) is 0 Å². The Morgan fingerprint density at radius 2 is 1.22 bits per heavy atom. The lowest BCUT2D eigenvalue weighted by Gasteiger charge is -2.37. The number of carbonyl (C=O) groups is 1. The fraction of sp³-hybridized carbons (Fsp3) is 0.0732. The van der Waals surface area contributed by atoms with E-state index in [2.05, 4.69) is 97.9 Å². The largest absolute Gasteiger partial charge is 0.394 e. The van der Waals surface area contributed by atoms with Crippen LogP contribution in [0.3, 0.4) is 0 Å². The Morgan fingerprint density at radius 3 is 1.76 bits per heavy atom. The van der Waals surface area contributed by atoms with Crippen molar-refractivity contribution in [1.82, 2.24) is 30.0 Å². The fourth-order valence-electron chi connectivity index (χ4n) is 6.79. The average molecular weight is 641 g/mol. The van der Waals surface area contributed by atoms with Crippen molar-refractivity contribution in [3.63, 3.8) is 0 Å². The van der Waals surface area contributed by atoms with Gasteiger partial charge in [-0.2, -0.15) is 0 Å². The van der Waals surface area contributed by atoms with Gasteiger partial charge in [-0.05, 0) is 46.5 Å². The lowest BCUT2D eigenvalue weighted by atomic mass is 9.77. The van der Waals surface area contributed by atoms with Crippen molar-refractivity contribution in [2.75, 3.05) is 6.61 Å². The molecule has 0 saturated heterocycles. The van der Waals surface area contributed by atoms with Gasteiger partial charge in [0.2, 0.25) is 5.82 Å². The van der Waals surface area contributed by atoms with Crippen LogP contribution < -0.4 is 5.32 Å². The molecule has 0 fully saturated rings. The van der Waals surface area contributed by atoms with Crippen molar-refractivity contribution in [3.05, 3.63) is 186 Å². The molecule has 3 heterocycles. The Bertz CT molecular complexity index is 2260. The Kier molecular flexibility index (Phi) is 7.75. The first kappa shape index (κ1) is 30.0. The Labute approximate surface area is 282 Å². The highest BCUT2D eigenvalue weighted by molar-refractivity contribution is 6.03. The number of imidazole rings is 1. The summed E-state index contributed by atoms with van der Waals surface area (Å²) in [5.41, 5.74) is 7.03. The van der Waals surface area contributed by atoms with Crippen LogP contribution in [0.1, 0.15) is 38.9 Å². The molecule has 0 radical (unpaired) electrons. The summed E-state index contributed by atoms with van der Waals surface area (Å²) < 4.78 is 2.21. The maximum absolute atomic E-state index is 13.5. The summed E-state index contributed by atoms with van der Waals surface area (Å²) in [4.78, 5) is 27.2. The van der Waals surface area contributed by atoms with Gasteiger partial charge in [0.05, 0.1) is 34.9 Å². The second-order valence-corrected chi connectivity index (χ2v) is 11.9. The first-order valence-electron chi connectivity index (χ1n) is 16.1. The van der Waals surface area contributed by atoms with E-state index >= 15 is 0 Å². The fourth-order valence-corrected chi connectivity index (χ4v) is 6.79. The Hall–Kier alpha value is -6.38. The van der Waals surface area contributed by atoms with Gasteiger partial charge in [0.15, 0.2) is 0 Å². The van der Waals surface area contributed by atoms with Gasteiger partial charge in [-0.1, -0.05) is 121 Å². The molecule has 8 heteroatoms. The highest BCUT2D eigenvalue weighted by Crippen LogP contribution is 2.44. The summed E-state index contributed by atoms with van der Waals surface area (Å²) in [6.45, 7) is -0.254. The molecule has 8 aromatic rings. The van der Waals surface area contributed by atoms with Crippen molar-refractivity contribution < 1.29 is 9.90 Å². The van der Waals surface area contributed by atoms with Crippen LogP contribution in [0.5, 0.6) is 0 Å². The zero-order valence-electron chi connectivity index (χ0n) is 26.4. The number of aliphatic hydroxyl groups is 1. The molecule has 8 rings (SSSR count). The molecule has 0 bridgehead atoms. The zero-order valence-corrected chi connectivity index (χ0v) is 26.4. The number of hydrogen-bond donors (Lipinski definition) is 3. The second-order valence-electron chi connectivity index (χ2n) is 11.9. The molecule has 0 spiro atoms. The van der Waals surface area contributed by atoms with Gasteiger partial charge >= 0.3 is 0 Å². The van der Waals surface area contributed by atoms with E-state index in [0.29, 0.717) is 11.0 Å². The standard InChI is InChI=1S/C41H32N6O2/c48-27-36(28-13-5-1-6-14-28)45-40(49)39-43-34-25-33-37(26-35(34)44-39)47(46-38(33)29-21-23-42-24-22-29)41(30-15-7-2-8-16-30,31-17-9-3-10-18-31)32-19-11-4-12-20-32/h1-26,36,46,48H,27H2,(H,45,49)/t36-/m1/s1. The van der Waals surface area contributed by atoms with Gasteiger partial charge in [0.1, 0.15) is 5.54 Å². The smallest absolute Gasteiger partial charge is 0.289 e. The molecule has 238 valence electrons. The summed E-state index contributed by atoms with van der Waals surface area (Å²) in [6, 6.07) is 48.1. The summed E-state index contributed by atoms with van der Waals surface area (Å²) in [5, 5.41) is 17.7. The number of benzene rings is 5. The molecule has 8 nitrogen and oxygen atoms in total. The van der Waals surface area contributed by atoms with Crippen LogP contribution in [0.4, 0.5) is 0 Å². The SMILES string of the molecule is O=C(N[C@H](CO)c1ccccc1)c1nc2cc3c(-c4ccncc4)[nH]n(C(c4ccccc4)(c4ccccc4)c4ccccc4)c3cc2n1. The number of nitrogens with one attached hydrogen (secondary N) is 2. The van der Waals surface area contributed by atoms with E-state index < -0.39 is 17.5 Å². The van der Waals surface area contributed by atoms with Crippen molar-refractivity contribution in [3.8, 4) is 11.3 Å². The number of fused-ring (bicyclic) bond motifs is 2. The van der Waals surface area contributed by atoms with E-state index in [1.54, 1.807) is 12.4 Å². The highest BCUT2D eigenvalue weighted by Gasteiger charge is 2.40. The molecule has 3 N–H and O–H groups in total. The van der Waals surface area contributed by atoms with E-state index in [1.165, 1.54) is 0 Å². The van der Waals surface area contributed by atoms with Crippen LogP contribution in [0.2, 0.25) is 0 Å². The van der Waals surface area contributed by atoms with E-state index in [0.717, 1.165) is 44.4 Å². The average Bonchev–Trinajstić information content (AvgIpc) is 3.77. The number of aromatic amines is 1. The topological polar surface area (TPSA) is 109 Å². The second kappa shape index (κ2) is 12.7. The molecular weight excluding hydrogens is 608 g/mol. The Morgan fingerprint density at radius 1 is 0.714 bits per heavy atom. The number of H-pyrrole nitrogens is 1. The third-order valence-corrected chi connectivity index (χ3v) is 9.05. The monoisotopic (exact) mass is 640 g/mol. The normalized spacial score (nSPS) is 12.3. The number of aromatic nitrogens is 5. The molecule has 0 aliphatic rings. The lowest BCUT2D eigenvalue weighted by molar-refractivity contribution is 0.0907. The minimum absolute atomic E-state index is 0.0402. The minimum atomic E-state index is -0.828. The molecule has 0 aliphatic heterocycles. The third kappa shape index (κ3) is 5.24. The molecule has 3 aromatic heterocycles. The first-order valence-corrected chi connectivity index (χ1v) is 16.1. The van der Waals surface area contributed by atoms with E-state index in [-0.39, 0.29) is 12.4 Å². The summed E-state index contributed by atoms with van der Waals surface area (Å²) in [5.74, 6) is -0.418. The summed E-state index contributed by atoms with van der Waals surface area (Å²) in [6.07, 6.45) is 3.55. The van der Waals surface area contributed by atoms with Crippen LogP contribution in [0.25, 0.3) is 33.2 Å². The quantitative estimate of drug-likeness (QED) is 0.144. The first-order chi connectivity index (χ1) is 24.2. The number of rotatable bonds is 9. The van der Waals surface area contributed by atoms with E-state index in [4.69, 9.17) is 4.98 Å². The number of aliphatic hydroxyl groups excluding tert-OH is 1. The molecule has 5 aromatic carbocycles. The number of hydrogen-bond acceptors (Lipinski definition) is 5. The third-order valence-electron chi connectivity index (χ3n) is 9.05. The van der Waals surface area contributed by atoms with E-state index in [1.807, 2.05) is 72.8 Å². The van der Waals surface area contributed by atoms with Gasteiger partial charge in [0.25, 0.3) is 5.91 Å². The van der Waals surface area contributed by atoms with Gasteiger partial charge in [-0.3, -0.25) is 19.6 Å². The predicted molar refractivity (Wildman–Crippen MR) is 191 cm³/mol. The molecule has 0 unspecified atom stereocenters. The maximum atomic E-state index is 13.5. The number of amides is 1. The maximum Gasteiger partial charge on any atom is 0.289 e. The molecule has 1 atom stereocenters. The molecule has 49 heavy (non-hydrogen) atoms. The zero-order chi connectivity index (χ0) is 33.2. The van der Waals surface area contributed by atoms with Crippen LogP contribution >= 0.6 is 0 Å². The number of carbonyl (C=O) groups excluding carboxylic acids is 1. The van der Waals surface area contributed by atoms with Crippen LogP contribution in [0.15, 0.2) is 158 Å². The van der Waals surface area contributed by atoms with E-state index in [9.17, 15) is 9.90 Å². The number of nitrogens with zero attached hydrogens (tertiary/aromatic N) is 4. The highest BCUT2D eigenvalue weighted by atomic mass is 16.3.